The van der Waals surface area contributed by atoms with Gasteiger partial charge in [-0.2, -0.15) is 5.10 Å². The molecular formula is C18H14ClFN4O. The third-order valence-corrected chi connectivity index (χ3v) is 3.70. The second-order valence-electron chi connectivity index (χ2n) is 5.34. The van der Waals surface area contributed by atoms with Crippen molar-refractivity contribution in [1.82, 2.24) is 10.2 Å². The predicted octanol–water partition coefficient (Wildman–Crippen LogP) is 4.57. The lowest BCUT2D eigenvalue weighted by Gasteiger charge is -2.09. The second kappa shape index (κ2) is 7.27. The molecule has 0 bridgehead atoms. The van der Waals surface area contributed by atoms with Gasteiger partial charge in [0.1, 0.15) is 5.82 Å². The number of hydrogen-bond acceptors (Lipinski definition) is 4. The monoisotopic (exact) mass is 356 g/mol. The van der Waals surface area contributed by atoms with Gasteiger partial charge in [0.2, 0.25) is 0 Å². The number of nitrogens with one attached hydrogen (secondary N) is 2. The van der Waals surface area contributed by atoms with Crippen LogP contribution in [0.15, 0.2) is 54.6 Å². The van der Waals surface area contributed by atoms with Crippen LogP contribution < -0.4 is 10.6 Å². The number of hydrogen-bond donors (Lipinski definition) is 2. The highest BCUT2D eigenvalue weighted by atomic mass is 35.5. The van der Waals surface area contributed by atoms with Gasteiger partial charge in [-0.05, 0) is 61.5 Å². The number of carbonyl (C=O) groups is 1. The Morgan fingerprint density at radius 1 is 1.00 bits per heavy atom. The Morgan fingerprint density at radius 3 is 2.36 bits per heavy atom. The zero-order chi connectivity index (χ0) is 17.8. The average molecular weight is 357 g/mol. The maximum absolute atomic E-state index is 13.1. The van der Waals surface area contributed by atoms with Gasteiger partial charge in [0.05, 0.1) is 16.3 Å². The van der Waals surface area contributed by atoms with Crippen LogP contribution in [0.2, 0.25) is 5.02 Å². The van der Waals surface area contributed by atoms with Crippen molar-refractivity contribution in [2.75, 3.05) is 10.6 Å². The van der Waals surface area contributed by atoms with Crippen molar-refractivity contribution in [1.29, 1.82) is 0 Å². The Hall–Kier alpha value is -2.99. The van der Waals surface area contributed by atoms with Crippen LogP contribution in [0, 0.1) is 12.7 Å². The molecule has 2 N–H and O–H groups in total. The highest BCUT2D eigenvalue weighted by Crippen LogP contribution is 2.21. The molecule has 0 saturated heterocycles. The summed E-state index contributed by atoms with van der Waals surface area (Å²) in [6.45, 7) is 1.86. The van der Waals surface area contributed by atoms with E-state index in [1.807, 2.05) is 19.1 Å². The summed E-state index contributed by atoms with van der Waals surface area (Å²) in [5.41, 5.74) is 2.44. The summed E-state index contributed by atoms with van der Waals surface area (Å²) >= 11 is 5.89. The minimum absolute atomic E-state index is 0.0636. The van der Waals surface area contributed by atoms with E-state index in [9.17, 15) is 9.18 Å². The van der Waals surface area contributed by atoms with E-state index in [0.717, 1.165) is 17.4 Å². The first kappa shape index (κ1) is 16.9. The molecule has 7 heteroatoms. The molecule has 126 valence electrons. The van der Waals surface area contributed by atoms with Gasteiger partial charge in [0.15, 0.2) is 5.82 Å². The largest absolute Gasteiger partial charge is 0.339 e. The minimum atomic E-state index is -0.490. The van der Waals surface area contributed by atoms with Gasteiger partial charge in [-0.25, -0.2) is 4.39 Å². The summed E-state index contributed by atoms with van der Waals surface area (Å²) in [6.07, 6.45) is 0. The first-order chi connectivity index (χ1) is 12.0. The molecule has 0 spiro atoms. The molecule has 3 rings (SSSR count). The fraction of sp³-hybridized carbons (Fsp3) is 0.0556. The Morgan fingerprint density at radius 2 is 1.72 bits per heavy atom. The lowest BCUT2D eigenvalue weighted by molar-refractivity contribution is 0.102. The van der Waals surface area contributed by atoms with Gasteiger partial charge in [-0.3, -0.25) is 4.79 Å². The van der Waals surface area contributed by atoms with E-state index in [2.05, 4.69) is 20.8 Å². The van der Waals surface area contributed by atoms with Gasteiger partial charge in [0.25, 0.3) is 5.91 Å². The summed E-state index contributed by atoms with van der Waals surface area (Å²) in [7, 11) is 0. The quantitative estimate of drug-likeness (QED) is 0.718. The van der Waals surface area contributed by atoms with Crippen LogP contribution >= 0.6 is 11.6 Å². The van der Waals surface area contributed by atoms with Crippen molar-refractivity contribution >= 4 is 34.7 Å². The standard InChI is InChI=1S/C18H14ClFN4O/c1-11-2-9-17(24-23-11)21-13-4-6-14(7-5-13)22-18(25)15-8-3-12(20)10-16(15)19/h2-10H,1H3,(H,21,24)(H,22,25). The highest BCUT2D eigenvalue weighted by Gasteiger charge is 2.11. The molecule has 0 radical (unpaired) electrons. The zero-order valence-corrected chi connectivity index (χ0v) is 14.0. The maximum Gasteiger partial charge on any atom is 0.257 e. The van der Waals surface area contributed by atoms with Gasteiger partial charge >= 0.3 is 0 Å². The molecule has 0 unspecified atom stereocenters. The molecule has 1 heterocycles. The topological polar surface area (TPSA) is 66.9 Å². The number of benzene rings is 2. The van der Waals surface area contributed by atoms with Gasteiger partial charge in [-0.15, -0.1) is 5.10 Å². The van der Waals surface area contributed by atoms with Gasteiger partial charge in [-0.1, -0.05) is 11.6 Å². The van der Waals surface area contributed by atoms with Crippen molar-refractivity contribution in [2.24, 2.45) is 0 Å². The van der Waals surface area contributed by atoms with E-state index in [0.29, 0.717) is 11.5 Å². The molecule has 0 saturated carbocycles. The summed E-state index contributed by atoms with van der Waals surface area (Å²) in [6, 6.07) is 14.4. The third kappa shape index (κ3) is 4.30. The van der Waals surface area contributed by atoms with E-state index in [-0.39, 0.29) is 10.6 Å². The molecule has 0 aliphatic rings. The highest BCUT2D eigenvalue weighted by molar-refractivity contribution is 6.34. The van der Waals surface area contributed by atoms with E-state index in [4.69, 9.17) is 11.6 Å². The molecule has 0 aliphatic carbocycles. The number of carbonyl (C=O) groups excluding carboxylic acids is 1. The Labute approximate surface area is 148 Å². The van der Waals surface area contributed by atoms with Crippen LogP contribution in [0.25, 0.3) is 0 Å². The summed E-state index contributed by atoms with van der Waals surface area (Å²) in [4.78, 5) is 12.2. The molecule has 1 amide bonds. The number of rotatable bonds is 4. The summed E-state index contributed by atoms with van der Waals surface area (Å²) in [5, 5.41) is 13.9. The molecule has 5 nitrogen and oxygen atoms in total. The number of halogens is 2. The van der Waals surface area contributed by atoms with Crippen molar-refractivity contribution in [3.63, 3.8) is 0 Å². The number of anilines is 3. The minimum Gasteiger partial charge on any atom is -0.339 e. The van der Waals surface area contributed by atoms with E-state index >= 15 is 0 Å². The van der Waals surface area contributed by atoms with Crippen molar-refractivity contribution in [3.05, 3.63) is 76.7 Å². The molecular weight excluding hydrogens is 343 g/mol. The van der Waals surface area contributed by atoms with Crippen molar-refractivity contribution < 1.29 is 9.18 Å². The van der Waals surface area contributed by atoms with Crippen LogP contribution in [-0.4, -0.2) is 16.1 Å². The van der Waals surface area contributed by atoms with E-state index < -0.39 is 11.7 Å². The maximum atomic E-state index is 13.1. The summed E-state index contributed by atoms with van der Waals surface area (Å²) in [5.74, 6) is -0.272. The Kier molecular flexibility index (Phi) is 4.90. The first-order valence-electron chi connectivity index (χ1n) is 7.45. The van der Waals surface area contributed by atoms with Gasteiger partial charge in [0, 0.05) is 11.4 Å². The summed E-state index contributed by atoms with van der Waals surface area (Å²) < 4.78 is 13.1. The molecule has 0 atom stereocenters. The molecule has 2 aromatic carbocycles. The van der Waals surface area contributed by atoms with Crippen LogP contribution in [0.5, 0.6) is 0 Å². The number of aryl methyl sites for hydroxylation is 1. The molecule has 1 aromatic heterocycles. The Balaban J connectivity index is 1.67. The zero-order valence-electron chi connectivity index (χ0n) is 13.3. The normalized spacial score (nSPS) is 10.4. The van der Waals surface area contributed by atoms with Crippen LogP contribution in [0.1, 0.15) is 16.1 Å². The number of aromatic nitrogens is 2. The average Bonchev–Trinajstić information content (AvgIpc) is 2.58. The SMILES string of the molecule is Cc1ccc(Nc2ccc(NC(=O)c3ccc(F)cc3Cl)cc2)nn1. The van der Waals surface area contributed by atoms with Crippen LogP contribution in [0.3, 0.4) is 0 Å². The molecule has 3 aromatic rings. The molecule has 25 heavy (non-hydrogen) atoms. The number of amides is 1. The van der Waals surface area contributed by atoms with E-state index in [1.54, 1.807) is 24.3 Å². The fourth-order valence-electron chi connectivity index (χ4n) is 2.12. The lowest BCUT2D eigenvalue weighted by Crippen LogP contribution is -2.12. The second-order valence-corrected chi connectivity index (χ2v) is 5.75. The smallest absolute Gasteiger partial charge is 0.257 e. The molecule has 0 aliphatic heterocycles. The van der Waals surface area contributed by atoms with Crippen LogP contribution in [-0.2, 0) is 0 Å². The lowest BCUT2D eigenvalue weighted by atomic mass is 10.2. The van der Waals surface area contributed by atoms with Gasteiger partial charge < -0.3 is 10.6 Å². The molecule has 0 fully saturated rings. The van der Waals surface area contributed by atoms with Crippen LogP contribution in [0.4, 0.5) is 21.6 Å². The van der Waals surface area contributed by atoms with E-state index in [1.165, 1.54) is 12.1 Å². The third-order valence-electron chi connectivity index (χ3n) is 3.39. The Bertz CT molecular complexity index is 898. The van der Waals surface area contributed by atoms with Crippen molar-refractivity contribution in [3.8, 4) is 0 Å². The van der Waals surface area contributed by atoms with Crippen molar-refractivity contribution in [2.45, 2.75) is 6.92 Å². The fourth-order valence-corrected chi connectivity index (χ4v) is 2.38. The number of nitrogens with zero attached hydrogens (tertiary/aromatic N) is 2. The predicted molar refractivity (Wildman–Crippen MR) is 95.9 cm³/mol. The first-order valence-corrected chi connectivity index (χ1v) is 7.83.